The van der Waals surface area contributed by atoms with Crippen LogP contribution in [0.25, 0.3) is 22.0 Å². The third-order valence-electron chi connectivity index (χ3n) is 4.29. The van der Waals surface area contributed by atoms with Crippen LogP contribution < -0.4 is 5.56 Å². The fraction of sp³-hybridized carbons (Fsp3) is 0.167. The smallest absolute Gasteiger partial charge is 0.259 e. The lowest BCUT2D eigenvalue weighted by Gasteiger charge is -2.12. The first-order chi connectivity index (χ1) is 9.77. The highest BCUT2D eigenvalue weighted by Crippen LogP contribution is 2.31. The summed E-state index contributed by atoms with van der Waals surface area (Å²) in [6.07, 6.45) is 0.963. The maximum Gasteiger partial charge on any atom is 0.259 e. The fourth-order valence-corrected chi connectivity index (χ4v) is 3.34. The Hall–Kier alpha value is -2.35. The first kappa shape index (κ1) is 11.5. The van der Waals surface area contributed by atoms with E-state index in [0.29, 0.717) is 0 Å². The van der Waals surface area contributed by atoms with Crippen LogP contribution in [0, 0.1) is 6.92 Å². The van der Waals surface area contributed by atoms with Gasteiger partial charge in [0, 0.05) is 11.9 Å². The van der Waals surface area contributed by atoms with E-state index in [0.717, 1.165) is 35.2 Å². The van der Waals surface area contributed by atoms with Crippen LogP contribution in [-0.2, 0) is 13.0 Å². The second-order valence-electron chi connectivity index (χ2n) is 5.39. The molecule has 2 nitrogen and oxygen atoms in total. The second kappa shape index (κ2) is 4.07. The second-order valence-corrected chi connectivity index (χ2v) is 5.39. The largest absolute Gasteiger partial charge is 0.307 e. The van der Waals surface area contributed by atoms with E-state index in [-0.39, 0.29) is 5.56 Å². The number of hydrogen-bond donors (Lipinski definition) is 0. The van der Waals surface area contributed by atoms with Crippen molar-refractivity contribution < 1.29 is 0 Å². The van der Waals surface area contributed by atoms with Crippen LogP contribution >= 0.6 is 0 Å². The van der Waals surface area contributed by atoms with Gasteiger partial charge in [-0.25, -0.2) is 0 Å². The molecule has 98 valence electrons. The van der Waals surface area contributed by atoms with Gasteiger partial charge in [0.1, 0.15) is 0 Å². The van der Waals surface area contributed by atoms with Crippen LogP contribution in [0.2, 0.25) is 0 Å². The predicted octanol–water partition coefficient (Wildman–Crippen LogP) is 3.53. The molecule has 0 saturated heterocycles. The van der Waals surface area contributed by atoms with Crippen molar-refractivity contribution in [2.75, 3.05) is 0 Å². The molecule has 2 heteroatoms. The zero-order valence-corrected chi connectivity index (χ0v) is 11.4. The standard InChI is InChI=1S/C18H15NO/c1-12-15-9-5-8-14-10-11-19(17(14)15)18(20)16(12)13-6-3-2-4-7-13/h2-9H,10-11H2,1H3. The van der Waals surface area contributed by atoms with Crippen molar-refractivity contribution >= 4 is 10.9 Å². The van der Waals surface area contributed by atoms with Gasteiger partial charge in [-0.3, -0.25) is 4.79 Å². The SMILES string of the molecule is Cc1c(-c2ccccc2)c(=O)n2c3c(cccc13)CC2. The summed E-state index contributed by atoms with van der Waals surface area (Å²) in [7, 11) is 0. The third kappa shape index (κ3) is 1.42. The van der Waals surface area contributed by atoms with Crippen LogP contribution in [-0.4, -0.2) is 4.57 Å². The minimum atomic E-state index is 0.145. The van der Waals surface area contributed by atoms with Gasteiger partial charge in [0.25, 0.3) is 5.56 Å². The number of aromatic nitrogens is 1. The molecule has 4 rings (SSSR count). The number of rotatable bonds is 1. The molecular formula is C18H15NO. The topological polar surface area (TPSA) is 22.0 Å². The first-order valence-corrected chi connectivity index (χ1v) is 6.98. The summed E-state index contributed by atoms with van der Waals surface area (Å²) in [6, 6.07) is 16.3. The number of nitrogens with zero attached hydrogens (tertiary/aromatic N) is 1. The molecule has 0 fully saturated rings. The lowest BCUT2D eigenvalue weighted by Crippen LogP contribution is -2.21. The van der Waals surface area contributed by atoms with E-state index >= 15 is 0 Å². The Bertz CT molecular complexity index is 875. The molecule has 1 aromatic heterocycles. The number of hydrogen-bond acceptors (Lipinski definition) is 1. The summed E-state index contributed by atoms with van der Waals surface area (Å²) in [4.78, 5) is 12.8. The molecule has 0 aliphatic carbocycles. The summed E-state index contributed by atoms with van der Waals surface area (Å²) in [5.74, 6) is 0. The van der Waals surface area contributed by atoms with E-state index in [1.165, 1.54) is 10.9 Å². The van der Waals surface area contributed by atoms with Crippen molar-refractivity contribution in [3.8, 4) is 11.1 Å². The quantitative estimate of drug-likeness (QED) is 0.656. The average Bonchev–Trinajstić information content (AvgIpc) is 2.91. The van der Waals surface area contributed by atoms with E-state index in [2.05, 4.69) is 25.1 Å². The zero-order chi connectivity index (χ0) is 13.7. The van der Waals surface area contributed by atoms with E-state index in [4.69, 9.17) is 0 Å². The maximum atomic E-state index is 12.8. The van der Waals surface area contributed by atoms with Gasteiger partial charge >= 0.3 is 0 Å². The molecule has 0 unspecified atom stereocenters. The molecular weight excluding hydrogens is 246 g/mol. The van der Waals surface area contributed by atoms with Crippen LogP contribution in [0.3, 0.4) is 0 Å². The van der Waals surface area contributed by atoms with Crippen LogP contribution in [0.15, 0.2) is 53.3 Å². The summed E-state index contributed by atoms with van der Waals surface area (Å²) in [5, 5.41) is 1.21. The highest BCUT2D eigenvalue weighted by atomic mass is 16.1. The molecule has 0 N–H and O–H groups in total. The van der Waals surface area contributed by atoms with Gasteiger partial charge in [-0.2, -0.15) is 0 Å². The Balaban J connectivity index is 2.19. The average molecular weight is 261 g/mol. The van der Waals surface area contributed by atoms with Crippen LogP contribution in [0.4, 0.5) is 0 Å². The maximum absolute atomic E-state index is 12.8. The van der Waals surface area contributed by atoms with E-state index in [9.17, 15) is 4.79 Å². The van der Waals surface area contributed by atoms with Crippen LogP contribution in [0.1, 0.15) is 11.1 Å². The Morgan fingerprint density at radius 3 is 2.60 bits per heavy atom. The first-order valence-electron chi connectivity index (χ1n) is 6.98. The van der Waals surface area contributed by atoms with Crippen molar-refractivity contribution in [3.63, 3.8) is 0 Å². The highest BCUT2D eigenvalue weighted by Gasteiger charge is 2.20. The Morgan fingerprint density at radius 2 is 1.80 bits per heavy atom. The summed E-state index contributed by atoms with van der Waals surface area (Å²) in [5.41, 5.74) is 5.52. The lowest BCUT2D eigenvalue weighted by molar-refractivity contribution is 0.742. The third-order valence-corrected chi connectivity index (χ3v) is 4.29. The zero-order valence-electron chi connectivity index (χ0n) is 11.4. The molecule has 20 heavy (non-hydrogen) atoms. The van der Waals surface area contributed by atoms with E-state index in [1.807, 2.05) is 34.9 Å². The number of aryl methyl sites for hydroxylation is 3. The van der Waals surface area contributed by atoms with E-state index < -0.39 is 0 Å². The van der Waals surface area contributed by atoms with Crippen molar-refractivity contribution in [3.05, 3.63) is 70.0 Å². The molecule has 0 spiro atoms. The number of para-hydroxylation sites is 1. The molecule has 3 aromatic rings. The minimum absolute atomic E-state index is 0.145. The number of benzene rings is 2. The van der Waals surface area contributed by atoms with Crippen molar-refractivity contribution in [1.29, 1.82) is 0 Å². The van der Waals surface area contributed by atoms with Gasteiger partial charge in [-0.15, -0.1) is 0 Å². The molecule has 2 heterocycles. The highest BCUT2D eigenvalue weighted by molar-refractivity contribution is 5.91. The molecule has 0 bridgehead atoms. The Labute approximate surface area is 117 Å². The van der Waals surface area contributed by atoms with Crippen molar-refractivity contribution in [2.24, 2.45) is 0 Å². The van der Waals surface area contributed by atoms with Gasteiger partial charge in [0.05, 0.1) is 11.1 Å². The van der Waals surface area contributed by atoms with Gasteiger partial charge < -0.3 is 4.57 Å². The molecule has 0 saturated carbocycles. The predicted molar refractivity (Wildman–Crippen MR) is 82.1 cm³/mol. The normalized spacial score (nSPS) is 13.1. The Morgan fingerprint density at radius 1 is 1.00 bits per heavy atom. The fourth-order valence-electron chi connectivity index (χ4n) is 3.34. The lowest BCUT2D eigenvalue weighted by atomic mass is 9.97. The van der Waals surface area contributed by atoms with E-state index in [1.54, 1.807) is 0 Å². The molecule has 0 radical (unpaired) electrons. The van der Waals surface area contributed by atoms with Gasteiger partial charge in [0.2, 0.25) is 0 Å². The van der Waals surface area contributed by atoms with Crippen molar-refractivity contribution in [1.82, 2.24) is 4.57 Å². The van der Waals surface area contributed by atoms with Gasteiger partial charge in [-0.1, -0.05) is 48.5 Å². The number of pyridine rings is 1. The molecule has 0 atom stereocenters. The van der Waals surface area contributed by atoms with Gasteiger partial charge in [-0.05, 0) is 30.0 Å². The molecule has 1 aliphatic heterocycles. The minimum Gasteiger partial charge on any atom is -0.307 e. The monoisotopic (exact) mass is 261 g/mol. The molecule has 2 aromatic carbocycles. The molecule has 0 amide bonds. The van der Waals surface area contributed by atoms with Crippen molar-refractivity contribution in [2.45, 2.75) is 19.9 Å². The van der Waals surface area contributed by atoms with Crippen LogP contribution in [0.5, 0.6) is 0 Å². The summed E-state index contributed by atoms with van der Waals surface area (Å²) >= 11 is 0. The summed E-state index contributed by atoms with van der Waals surface area (Å²) < 4.78 is 1.94. The molecule has 1 aliphatic rings. The van der Waals surface area contributed by atoms with Gasteiger partial charge in [0.15, 0.2) is 0 Å². The summed E-state index contributed by atoms with van der Waals surface area (Å²) in [6.45, 7) is 2.86. The Kier molecular flexibility index (Phi) is 2.34.